The molecule has 11 heavy (non-hydrogen) atoms. The van der Waals surface area contributed by atoms with E-state index in [-0.39, 0.29) is 11.4 Å². The number of amides is 1. The number of carbonyl (C=O) groups is 2. The molecule has 0 unspecified atom stereocenters. The van der Waals surface area contributed by atoms with E-state index in [2.05, 4.69) is 10.2 Å². The topological polar surface area (TPSA) is 58.9 Å². The summed E-state index contributed by atoms with van der Waals surface area (Å²) in [7, 11) is 0. The summed E-state index contributed by atoms with van der Waals surface area (Å²) < 4.78 is 0. The highest BCUT2D eigenvalue weighted by Gasteiger charge is 2.27. The van der Waals surface area contributed by atoms with Crippen LogP contribution in [0, 0.1) is 0 Å². The molecule has 4 heteroatoms. The maximum atomic E-state index is 11.0. The molecular weight excluding hydrogens is 144 g/mol. The van der Waals surface area contributed by atoms with Crippen LogP contribution in [0.5, 0.6) is 0 Å². The molecule has 0 radical (unpaired) electrons. The molecule has 4 nitrogen and oxygen atoms in total. The average molecular weight is 148 g/mol. The second-order valence-electron chi connectivity index (χ2n) is 2.30. The third-order valence-corrected chi connectivity index (χ3v) is 1.59. The summed E-state index contributed by atoms with van der Waals surface area (Å²) in [5.41, 5.74) is 0.648. The van der Waals surface area contributed by atoms with Crippen LogP contribution in [0.15, 0.2) is 33.7 Å². The van der Waals surface area contributed by atoms with Crippen LogP contribution in [0.1, 0.15) is 6.42 Å². The Kier molecular flexibility index (Phi) is 1.09. The monoisotopic (exact) mass is 148 g/mol. The summed E-state index contributed by atoms with van der Waals surface area (Å²) in [6.45, 7) is 0. The van der Waals surface area contributed by atoms with E-state index in [9.17, 15) is 9.59 Å². The number of hydrogen-bond donors (Lipinski definition) is 0. The van der Waals surface area contributed by atoms with Gasteiger partial charge in [-0.3, -0.25) is 9.59 Å². The first kappa shape index (κ1) is 6.15. The molecule has 0 spiro atoms. The molecule has 0 fully saturated rings. The average Bonchev–Trinajstić information content (AvgIpc) is 2.34. The number of carbonyl (C=O) groups excluding carboxylic acids is 2. The van der Waals surface area contributed by atoms with Crippen LogP contribution in [0.3, 0.4) is 0 Å². The first-order valence-electron chi connectivity index (χ1n) is 3.19. The molecule has 2 aliphatic rings. The largest absolute Gasteiger partial charge is 0.301 e. The minimum absolute atomic E-state index is 0.146. The van der Waals surface area contributed by atoms with Crippen molar-refractivity contribution in [2.75, 3.05) is 0 Å². The molecular formula is C7H4N2O2. The van der Waals surface area contributed by atoms with Gasteiger partial charge in [0.25, 0.3) is 0 Å². The second kappa shape index (κ2) is 1.95. The van der Waals surface area contributed by atoms with E-state index in [4.69, 9.17) is 0 Å². The van der Waals surface area contributed by atoms with Gasteiger partial charge in [0.2, 0.25) is 0 Å². The van der Waals surface area contributed by atoms with Crippen molar-refractivity contribution in [3.63, 3.8) is 0 Å². The zero-order valence-corrected chi connectivity index (χ0v) is 5.57. The number of allylic oxidation sites excluding steroid dienone is 2. The summed E-state index contributed by atoms with van der Waals surface area (Å²) in [5.74, 6) is -0.782. The van der Waals surface area contributed by atoms with Gasteiger partial charge in [-0.1, -0.05) is 6.08 Å². The summed E-state index contributed by atoms with van der Waals surface area (Å²) in [6, 6.07) is 0. The van der Waals surface area contributed by atoms with Crippen molar-refractivity contribution in [3.8, 4) is 0 Å². The minimum Gasteiger partial charge on any atom is -0.289 e. The molecule has 0 saturated carbocycles. The molecule has 1 aliphatic heterocycles. The lowest BCUT2D eigenvalue weighted by Gasteiger charge is -2.00. The Balaban J connectivity index is 2.51. The molecule has 0 aromatic carbocycles. The van der Waals surface area contributed by atoms with Gasteiger partial charge in [-0.05, 0) is 6.08 Å². The highest BCUT2D eigenvalue weighted by Crippen LogP contribution is 2.24. The maximum absolute atomic E-state index is 11.0. The third-order valence-electron chi connectivity index (χ3n) is 1.59. The number of hydrogen-bond acceptors (Lipinski definition) is 3. The molecule has 2 rings (SSSR count). The molecule has 1 heterocycles. The van der Waals surface area contributed by atoms with Gasteiger partial charge < -0.3 is 0 Å². The van der Waals surface area contributed by atoms with Gasteiger partial charge in [0.15, 0.2) is 5.78 Å². The quantitative estimate of drug-likeness (QED) is 0.476. The molecule has 1 amide bonds. The van der Waals surface area contributed by atoms with Crippen LogP contribution in [0.2, 0.25) is 0 Å². The van der Waals surface area contributed by atoms with E-state index >= 15 is 0 Å². The van der Waals surface area contributed by atoms with Gasteiger partial charge in [-0.15, -0.1) is 5.11 Å². The summed E-state index contributed by atoms with van der Waals surface area (Å²) >= 11 is 0. The lowest BCUT2D eigenvalue weighted by Crippen LogP contribution is -2.09. The molecule has 0 saturated heterocycles. The fraction of sp³-hybridized carbons (Fsp3) is 0.143. The molecule has 54 valence electrons. The van der Waals surface area contributed by atoms with Crippen molar-refractivity contribution in [1.29, 1.82) is 0 Å². The number of ketones is 1. The first-order valence-corrected chi connectivity index (χ1v) is 3.19. The Morgan fingerprint density at radius 3 is 2.82 bits per heavy atom. The summed E-state index contributed by atoms with van der Waals surface area (Å²) in [5, 5.41) is 6.85. The van der Waals surface area contributed by atoms with Crippen molar-refractivity contribution >= 4 is 11.7 Å². The second-order valence-corrected chi connectivity index (χ2v) is 2.30. The van der Waals surface area contributed by atoms with E-state index < -0.39 is 5.91 Å². The maximum Gasteiger partial charge on any atom is 0.301 e. The number of nitrogens with zero attached hydrogens (tertiary/aromatic N) is 2. The Morgan fingerprint density at radius 2 is 2.09 bits per heavy atom. The van der Waals surface area contributed by atoms with Crippen molar-refractivity contribution in [3.05, 3.63) is 23.4 Å². The van der Waals surface area contributed by atoms with Gasteiger partial charge >= 0.3 is 5.91 Å². The Hall–Kier alpha value is -1.58. The normalized spacial score (nSPS) is 21.5. The lowest BCUT2D eigenvalue weighted by molar-refractivity contribution is -0.118. The van der Waals surface area contributed by atoms with Gasteiger partial charge in [0, 0.05) is 6.42 Å². The van der Waals surface area contributed by atoms with Gasteiger partial charge in [-0.2, -0.15) is 5.11 Å². The van der Waals surface area contributed by atoms with E-state index in [0.717, 1.165) is 0 Å². The Labute approximate surface area is 62.3 Å². The predicted molar refractivity (Wildman–Crippen MR) is 35.7 cm³/mol. The van der Waals surface area contributed by atoms with E-state index in [1.54, 1.807) is 6.08 Å². The Morgan fingerprint density at radius 1 is 1.27 bits per heavy atom. The van der Waals surface area contributed by atoms with Crippen molar-refractivity contribution in [2.45, 2.75) is 6.42 Å². The SMILES string of the molecule is O=C1C=CCC2=C1C(=O)N=N2. The van der Waals surface area contributed by atoms with Crippen LogP contribution in [-0.4, -0.2) is 11.7 Å². The van der Waals surface area contributed by atoms with Crippen LogP contribution in [-0.2, 0) is 9.59 Å². The summed E-state index contributed by atoms with van der Waals surface area (Å²) in [4.78, 5) is 21.8. The molecule has 0 aromatic heterocycles. The summed E-state index contributed by atoms with van der Waals surface area (Å²) in [6.07, 6.45) is 3.60. The van der Waals surface area contributed by atoms with E-state index in [1.165, 1.54) is 6.08 Å². The minimum atomic E-state index is -0.505. The molecule has 1 aliphatic carbocycles. The van der Waals surface area contributed by atoms with Gasteiger partial charge in [0.05, 0.1) is 5.70 Å². The lowest BCUT2D eigenvalue weighted by atomic mass is 10.0. The predicted octanol–water partition coefficient (Wildman–Crippen LogP) is 0.762. The van der Waals surface area contributed by atoms with Gasteiger partial charge in [-0.25, -0.2) is 0 Å². The molecule has 0 aromatic rings. The fourth-order valence-electron chi connectivity index (χ4n) is 1.08. The van der Waals surface area contributed by atoms with E-state index in [1.807, 2.05) is 0 Å². The van der Waals surface area contributed by atoms with Crippen LogP contribution in [0.4, 0.5) is 0 Å². The smallest absolute Gasteiger partial charge is 0.289 e. The van der Waals surface area contributed by atoms with Crippen LogP contribution < -0.4 is 0 Å². The van der Waals surface area contributed by atoms with E-state index in [0.29, 0.717) is 12.1 Å². The zero-order valence-electron chi connectivity index (χ0n) is 5.57. The van der Waals surface area contributed by atoms with Crippen molar-refractivity contribution < 1.29 is 9.59 Å². The molecule has 0 bridgehead atoms. The van der Waals surface area contributed by atoms with Crippen molar-refractivity contribution in [1.82, 2.24) is 0 Å². The first-order chi connectivity index (χ1) is 5.29. The number of rotatable bonds is 0. The zero-order chi connectivity index (χ0) is 7.84. The van der Waals surface area contributed by atoms with Gasteiger partial charge in [0.1, 0.15) is 5.57 Å². The fourth-order valence-corrected chi connectivity index (χ4v) is 1.08. The van der Waals surface area contributed by atoms with Crippen LogP contribution >= 0.6 is 0 Å². The Bertz CT molecular complexity index is 336. The number of azo groups is 1. The highest BCUT2D eigenvalue weighted by molar-refractivity contribution is 6.25. The molecule has 0 atom stereocenters. The molecule has 0 N–H and O–H groups in total. The standard InChI is InChI=1S/C7H4N2O2/c10-5-3-1-2-4-6(5)7(11)9-8-4/h1,3H,2H2. The van der Waals surface area contributed by atoms with Crippen LogP contribution in [0.25, 0.3) is 0 Å². The van der Waals surface area contributed by atoms with Crippen molar-refractivity contribution in [2.24, 2.45) is 10.2 Å². The third kappa shape index (κ3) is 0.756. The highest BCUT2D eigenvalue weighted by atomic mass is 16.2.